The molecule has 0 aromatic carbocycles. The average molecular weight is 518 g/mol. The minimum atomic E-state index is -3.22. The summed E-state index contributed by atoms with van der Waals surface area (Å²) >= 11 is 0. The van der Waals surface area contributed by atoms with Crippen molar-refractivity contribution in [3.05, 3.63) is 0 Å². The molecule has 0 heterocycles. The van der Waals surface area contributed by atoms with Crippen molar-refractivity contribution in [1.29, 1.82) is 0 Å². The summed E-state index contributed by atoms with van der Waals surface area (Å²) in [4.78, 5) is 6.96. The first kappa shape index (κ1) is 26.9. The van der Waals surface area contributed by atoms with Crippen molar-refractivity contribution in [1.82, 2.24) is 20.3 Å². The van der Waals surface area contributed by atoms with E-state index in [2.05, 4.69) is 52.9 Å². The highest BCUT2D eigenvalue weighted by molar-refractivity contribution is 14.0. The maximum Gasteiger partial charge on any atom is 0.213 e. The number of nitrogens with zero attached hydrogens (tertiary/aromatic N) is 2. The highest BCUT2D eigenvalue weighted by atomic mass is 127. The van der Waals surface area contributed by atoms with Gasteiger partial charge in [-0.3, -0.25) is 9.89 Å². The van der Waals surface area contributed by atoms with Crippen LogP contribution in [-0.2, 0) is 10.0 Å². The number of guanidine groups is 1. The van der Waals surface area contributed by atoms with E-state index in [9.17, 15) is 8.42 Å². The molecule has 0 unspecified atom stereocenters. The van der Waals surface area contributed by atoms with Gasteiger partial charge in [-0.2, -0.15) is 0 Å². The van der Waals surface area contributed by atoms with Crippen LogP contribution in [0.5, 0.6) is 0 Å². The zero-order valence-corrected chi connectivity index (χ0v) is 20.8. The predicted octanol–water partition coefficient (Wildman–Crippen LogP) is 2.00. The fourth-order valence-electron chi connectivity index (χ4n) is 3.05. The molecule has 0 aromatic heterocycles. The summed E-state index contributed by atoms with van der Waals surface area (Å²) in [7, 11) is -3.22. The third-order valence-corrected chi connectivity index (χ3v) is 6.13. The molecule has 162 valence electrons. The van der Waals surface area contributed by atoms with Crippen molar-refractivity contribution in [2.75, 3.05) is 38.5 Å². The van der Waals surface area contributed by atoms with Crippen LogP contribution in [0.15, 0.2) is 4.99 Å². The van der Waals surface area contributed by atoms with Gasteiger partial charge in [-0.05, 0) is 53.4 Å². The van der Waals surface area contributed by atoms with E-state index >= 15 is 0 Å². The van der Waals surface area contributed by atoms with E-state index in [-0.39, 0.29) is 29.7 Å². The molecule has 9 heteroatoms. The summed E-state index contributed by atoms with van der Waals surface area (Å²) in [6.07, 6.45) is 3.51. The summed E-state index contributed by atoms with van der Waals surface area (Å²) in [5.41, 5.74) is 0. The van der Waals surface area contributed by atoms with E-state index in [1.54, 1.807) is 0 Å². The van der Waals surface area contributed by atoms with Crippen molar-refractivity contribution >= 4 is 40.0 Å². The van der Waals surface area contributed by atoms with E-state index in [1.807, 2.05) is 6.92 Å². The quantitative estimate of drug-likeness (QED) is 0.210. The molecule has 0 atom stereocenters. The molecule has 0 aromatic rings. The van der Waals surface area contributed by atoms with Gasteiger partial charge in [-0.1, -0.05) is 6.42 Å². The number of nitrogens with one attached hydrogen (secondary N) is 3. The largest absolute Gasteiger partial charge is 0.357 e. The molecule has 7 nitrogen and oxygen atoms in total. The van der Waals surface area contributed by atoms with Crippen LogP contribution in [0, 0.1) is 5.92 Å². The molecule has 27 heavy (non-hydrogen) atoms. The van der Waals surface area contributed by atoms with E-state index < -0.39 is 10.0 Å². The number of hydrogen-bond donors (Lipinski definition) is 3. The van der Waals surface area contributed by atoms with Crippen molar-refractivity contribution in [3.63, 3.8) is 0 Å². The summed E-state index contributed by atoms with van der Waals surface area (Å²) < 4.78 is 26.8. The Labute approximate surface area is 183 Å². The molecule has 0 saturated heterocycles. The van der Waals surface area contributed by atoms with Crippen LogP contribution in [0.25, 0.3) is 0 Å². The van der Waals surface area contributed by atoms with Gasteiger partial charge in [0.2, 0.25) is 10.0 Å². The van der Waals surface area contributed by atoms with Gasteiger partial charge in [-0.15, -0.1) is 24.0 Å². The fourth-order valence-corrected chi connectivity index (χ4v) is 4.05. The summed E-state index contributed by atoms with van der Waals surface area (Å²) in [6.45, 7) is 14.0. The summed E-state index contributed by atoms with van der Waals surface area (Å²) in [5.74, 6) is 1.27. The lowest BCUT2D eigenvalue weighted by Crippen LogP contribution is -2.43. The van der Waals surface area contributed by atoms with Crippen LogP contribution in [0.2, 0.25) is 0 Å². The number of aliphatic imine (C=N–C) groups is 1. The van der Waals surface area contributed by atoms with Gasteiger partial charge in [-0.25, -0.2) is 13.1 Å². The highest BCUT2D eigenvalue weighted by Gasteiger charge is 2.20. The Balaban J connectivity index is 0.00000676. The molecule has 0 spiro atoms. The van der Waals surface area contributed by atoms with Gasteiger partial charge in [0.25, 0.3) is 0 Å². The van der Waals surface area contributed by atoms with Gasteiger partial charge in [0, 0.05) is 38.3 Å². The Kier molecular flexibility index (Phi) is 13.9. The molecule has 0 amide bonds. The Hall–Kier alpha value is -0.130. The molecular weight excluding hydrogens is 477 g/mol. The Morgan fingerprint density at radius 3 is 2.26 bits per heavy atom. The Morgan fingerprint density at radius 1 is 1.15 bits per heavy atom. The Morgan fingerprint density at radius 2 is 1.78 bits per heavy atom. The fraction of sp³-hybridized carbons (Fsp3) is 0.944. The lowest BCUT2D eigenvalue weighted by Gasteiger charge is -2.29. The van der Waals surface area contributed by atoms with Crippen LogP contribution in [-0.4, -0.2) is 69.8 Å². The zero-order chi connectivity index (χ0) is 19.6. The highest BCUT2D eigenvalue weighted by Crippen LogP contribution is 2.25. The second kappa shape index (κ2) is 13.9. The van der Waals surface area contributed by atoms with Gasteiger partial charge in [0.05, 0.1) is 12.3 Å². The predicted molar refractivity (Wildman–Crippen MR) is 126 cm³/mol. The van der Waals surface area contributed by atoms with E-state index in [1.165, 1.54) is 6.42 Å². The van der Waals surface area contributed by atoms with Crippen LogP contribution < -0.4 is 15.4 Å². The van der Waals surface area contributed by atoms with Crippen molar-refractivity contribution in [3.8, 4) is 0 Å². The van der Waals surface area contributed by atoms with Crippen LogP contribution in [0.1, 0.15) is 53.9 Å². The molecule has 1 fully saturated rings. The van der Waals surface area contributed by atoms with E-state index in [0.29, 0.717) is 43.6 Å². The molecule has 0 bridgehead atoms. The SMILES string of the molecule is CCNC(=NCCN(C(C)C)C(C)C)NCCS(=O)(=O)NCC1CCC1.I. The van der Waals surface area contributed by atoms with E-state index in [4.69, 9.17) is 0 Å². The number of sulfonamides is 1. The average Bonchev–Trinajstić information content (AvgIpc) is 2.48. The van der Waals surface area contributed by atoms with E-state index in [0.717, 1.165) is 25.9 Å². The standard InChI is InChI=1S/C18H39N5O2S.HI/c1-6-19-18(20-10-12-23(15(2)3)16(4)5)21-11-13-26(24,25)22-14-17-8-7-9-17;/h15-17,22H,6-14H2,1-5H3,(H2,19,20,21);1H. The maximum absolute atomic E-state index is 12.0. The minimum absolute atomic E-state index is 0. The number of halogens is 1. The minimum Gasteiger partial charge on any atom is -0.357 e. The molecule has 0 aliphatic heterocycles. The van der Waals surface area contributed by atoms with Gasteiger partial charge in [0.15, 0.2) is 5.96 Å². The number of rotatable bonds is 12. The normalized spacial score (nSPS) is 15.8. The van der Waals surface area contributed by atoms with Crippen LogP contribution in [0.4, 0.5) is 0 Å². The summed E-state index contributed by atoms with van der Waals surface area (Å²) in [5, 5.41) is 6.30. The van der Waals surface area contributed by atoms with Crippen LogP contribution in [0.3, 0.4) is 0 Å². The smallest absolute Gasteiger partial charge is 0.213 e. The van der Waals surface area contributed by atoms with Crippen molar-refractivity contribution in [2.45, 2.75) is 66.0 Å². The second-order valence-corrected chi connectivity index (χ2v) is 9.50. The maximum atomic E-state index is 12.0. The van der Waals surface area contributed by atoms with Crippen LogP contribution >= 0.6 is 24.0 Å². The zero-order valence-electron chi connectivity index (χ0n) is 17.6. The lowest BCUT2D eigenvalue weighted by molar-refractivity contribution is 0.181. The molecule has 1 rings (SSSR count). The molecule has 1 saturated carbocycles. The van der Waals surface area contributed by atoms with Crippen molar-refractivity contribution in [2.24, 2.45) is 10.9 Å². The second-order valence-electron chi connectivity index (χ2n) is 7.58. The first-order valence-electron chi connectivity index (χ1n) is 10.0. The molecular formula is C18H40IN5O2S. The summed E-state index contributed by atoms with van der Waals surface area (Å²) in [6, 6.07) is 0.959. The Bertz CT molecular complexity index is 514. The molecule has 1 aliphatic carbocycles. The third-order valence-electron chi connectivity index (χ3n) is 4.78. The molecule has 0 radical (unpaired) electrons. The molecule has 1 aliphatic rings. The first-order chi connectivity index (χ1) is 12.2. The number of hydrogen-bond acceptors (Lipinski definition) is 4. The topological polar surface area (TPSA) is 85.8 Å². The monoisotopic (exact) mass is 517 g/mol. The van der Waals surface area contributed by atoms with Gasteiger partial charge >= 0.3 is 0 Å². The van der Waals surface area contributed by atoms with Gasteiger partial charge < -0.3 is 10.6 Å². The lowest BCUT2D eigenvalue weighted by atomic mass is 9.86. The molecule has 3 N–H and O–H groups in total. The van der Waals surface area contributed by atoms with Crippen molar-refractivity contribution < 1.29 is 8.42 Å². The first-order valence-corrected chi connectivity index (χ1v) is 11.7. The third kappa shape index (κ3) is 11.5. The van der Waals surface area contributed by atoms with Gasteiger partial charge in [0.1, 0.15) is 0 Å².